The Morgan fingerprint density at radius 3 is 2.59 bits per heavy atom. The highest BCUT2D eigenvalue weighted by Gasteiger charge is 2.41. The lowest BCUT2D eigenvalue weighted by atomic mass is 9.85. The molecule has 1 aliphatic carbocycles. The topological polar surface area (TPSA) is 39.7 Å². The number of rotatable bonds is 10. The fourth-order valence-electron chi connectivity index (χ4n) is 2.09. The zero-order chi connectivity index (χ0) is 12.5. The van der Waals surface area contributed by atoms with Crippen LogP contribution in [0.1, 0.15) is 33.1 Å². The van der Waals surface area contributed by atoms with Crippen molar-refractivity contribution in [2.75, 3.05) is 33.5 Å². The quantitative estimate of drug-likeness (QED) is 0.593. The van der Waals surface area contributed by atoms with Crippen molar-refractivity contribution in [3.63, 3.8) is 0 Å². The number of methoxy groups -OCH3 is 1. The molecule has 4 heteroatoms. The Morgan fingerprint density at radius 1 is 1.12 bits per heavy atom. The van der Waals surface area contributed by atoms with Crippen molar-refractivity contribution in [1.29, 1.82) is 0 Å². The second kappa shape index (κ2) is 8.86. The van der Waals surface area contributed by atoms with Gasteiger partial charge in [0.05, 0.1) is 25.4 Å². The van der Waals surface area contributed by atoms with E-state index >= 15 is 0 Å². The molecular weight excluding hydrogens is 218 g/mol. The lowest BCUT2D eigenvalue weighted by molar-refractivity contribution is -0.140. The number of hydrogen-bond donors (Lipinski definition) is 1. The normalized spacial score (nSPS) is 28.1. The van der Waals surface area contributed by atoms with Crippen molar-refractivity contribution in [3.8, 4) is 0 Å². The molecule has 17 heavy (non-hydrogen) atoms. The molecule has 3 atom stereocenters. The van der Waals surface area contributed by atoms with Gasteiger partial charge in [-0.15, -0.1) is 0 Å². The molecule has 0 aromatic heterocycles. The smallest absolute Gasteiger partial charge is 0.0986 e. The van der Waals surface area contributed by atoms with Crippen LogP contribution in [0, 0.1) is 0 Å². The van der Waals surface area contributed by atoms with Crippen LogP contribution in [0.15, 0.2) is 0 Å². The summed E-state index contributed by atoms with van der Waals surface area (Å²) in [6, 6.07) is 0.460. The Hall–Kier alpha value is -0.160. The average molecular weight is 245 g/mol. The molecule has 1 saturated carbocycles. The average Bonchev–Trinajstić information content (AvgIpc) is 2.31. The van der Waals surface area contributed by atoms with Crippen molar-refractivity contribution in [1.82, 2.24) is 5.32 Å². The zero-order valence-corrected chi connectivity index (χ0v) is 11.4. The van der Waals surface area contributed by atoms with E-state index < -0.39 is 0 Å². The summed E-state index contributed by atoms with van der Waals surface area (Å²) >= 11 is 0. The van der Waals surface area contributed by atoms with Crippen LogP contribution in [0.3, 0.4) is 0 Å². The molecule has 4 nitrogen and oxygen atoms in total. The first-order chi connectivity index (χ1) is 8.33. The zero-order valence-electron chi connectivity index (χ0n) is 11.4. The maximum atomic E-state index is 5.75. The Kier molecular flexibility index (Phi) is 7.77. The van der Waals surface area contributed by atoms with Crippen molar-refractivity contribution in [3.05, 3.63) is 0 Å². The lowest BCUT2D eigenvalue weighted by Gasteiger charge is -2.43. The van der Waals surface area contributed by atoms with E-state index in [1.165, 1.54) is 0 Å². The van der Waals surface area contributed by atoms with E-state index in [1.807, 2.05) is 0 Å². The molecular formula is C13H27NO3. The summed E-state index contributed by atoms with van der Waals surface area (Å²) in [7, 11) is 1.76. The molecule has 0 amide bonds. The summed E-state index contributed by atoms with van der Waals surface area (Å²) in [6.07, 6.45) is 3.70. The largest absolute Gasteiger partial charge is 0.379 e. The Morgan fingerprint density at radius 2 is 1.94 bits per heavy atom. The van der Waals surface area contributed by atoms with Crippen LogP contribution in [0.5, 0.6) is 0 Å². The summed E-state index contributed by atoms with van der Waals surface area (Å²) in [4.78, 5) is 0. The molecule has 1 N–H and O–H groups in total. The van der Waals surface area contributed by atoms with Gasteiger partial charge in [-0.25, -0.2) is 0 Å². The lowest BCUT2D eigenvalue weighted by Crippen LogP contribution is -2.60. The van der Waals surface area contributed by atoms with Gasteiger partial charge in [0.25, 0.3) is 0 Å². The third-order valence-corrected chi connectivity index (χ3v) is 3.09. The molecule has 0 aliphatic heterocycles. The van der Waals surface area contributed by atoms with Gasteiger partial charge in [0.1, 0.15) is 0 Å². The van der Waals surface area contributed by atoms with Gasteiger partial charge in [-0.3, -0.25) is 0 Å². The van der Waals surface area contributed by atoms with Crippen LogP contribution in [0.2, 0.25) is 0 Å². The van der Waals surface area contributed by atoms with E-state index in [2.05, 4.69) is 19.2 Å². The van der Waals surface area contributed by atoms with Crippen LogP contribution >= 0.6 is 0 Å². The first-order valence-electron chi connectivity index (χ1n) is 6.79. The number of hydrogen-bond acceptors (Lipinski definition) is 4. The van der Waals surface area contributed by atoms with Crippen LogP contribution in [0.25, 0.3) is 0 Å². The summed E-state index contributed by atoms with van der Waals surface area (Å²) in [5.41, 5.74) is 0. The molecule has 0 bridgehead atoms. The van der Waals surface area contributed by atoms with Gasteiger partial charge in [0, 0.05) is 19.8 Å². The van der Waals surface area contributed by atoms with E-state index in [1.54, 1.807) is 7.11 Å². The summed E-state index contributed by atoms with van der Waals surface area (Å²) in [5.74, 6) is 0. The third-order valence-electron chi connectivity index (χ3n) is 3.09. The minimum atomic E-state index is 0.202. The molecule has 0 aromatic rings. The minimum absolute atomic E-state index is 0.202. The van der Waals surface area contributed by atoms with Crippen molar-refractivity contribution < 1.29 is 14.2 Å². The van der Waals surface area contributed by atoms with Crippen LogP contribution in [-0.2, 0) is 14.2 Å². The molecule has 0 spiro atoms. The Bertz CT molecular complexity index is 190. The molecule has 0 radical (unpaired) electrons. The second-order valence-electron chi connectivity index (χ2n) is 4.52. The standard InChI is InChI=1S/C13H27NO3/c1-4-6-14-11-10-12(13(11)15-3)17-9-8-16-7-5-2/h11-14H,4-10H2,1-3H3. The molecule has 3 unspecified atom stereocenters. The van der Waals surface area contributed by atoms with E-state index in [9.17, 15) is 0 Å². The first-order valence-corrected chi connectivity index (χ1v) is 6.79. The van der Waals surface area contributed by atoms with Gasteiger partial charge < -0.3 is 19.5 Å². The minimum Gasteiger partial charge on any atom is -0.379 e. The predicted octanol–water partition coefficient (Wildman–Crippen LogP) is 1.59. The Labute approximate surface area is 105 Å². The molecule has 102 valence electrons. The maximum Gasteiger partial charge on any atom is 0.0986 e. The summed E-state index contributed by atoms with van der Waals surface area (Å²) in [6.45, 7) is 7.52. The third kappa shape index (κ3) is 4.92. The van der Waals surface area contributed by atoms with Gasteiger partial charge in [0.2, 0.25) is 0 Å². The van der Waals surface area contributed by atoms with E-state index in [-0.39, 0.29) is 12.2 Å². The van der Waals surface area contributed by atoms with Gasteiger partial charge in [-0.05, 0) is 25.8 Å². The van der Waals surface area contributed by atoms with E-state index in [4.69, 9.17) is 14.2 Å². The van der Waals surface area contributed by atoms with E-state index in [0.29, 0.717) is 19.3 Å². The van der Waals surface area contributed by atoms with Gasteiger partial charge in [0.15, 0.2) is 0 Å². The van der Waals surface area contributed by atoms with E-state index in [0.717, 1.165) is 32.4 Å². The SMILES string of the molecule is CCCNC1CC(OCCOCCC)C1OC. The fraction of sp³-hybridized carbons (Fsp3) is 1.00. The second-order valence-corrected chi connectivity index (χ2v) is 4.52. The van der Waals surface area contributed by atoms with Crippen molar-refractivity contribution >= 4 is 0 Å². The molecule has 1 rings (SSSR count). The molecule has 1 fully saturated rings. The predicted molar refractivity (Wildman–Crippen MR) is 68.3 cm³/mol. The summed E-state index contributed by atoms with van der Waals surface area (Å²) < 4.78 is 16.6. The Balaban J connectivity index is 2.06. The number of nitrogens with one attached hydrogen (secondary N) is 1. The highest BCUT2D eigenvalue weighted by Crippen LogP contribution is 2.26. The van der Waals surface area contributed by atoms with Crippen molar-refractivity contribution in [2.24, 2.45) is 0 Å². The molecule has 0 aromatic carbocycles. The van der Waals surface area contributed by atoms with Gasteiger partial charge in [-0.2, -0.15) is 0 Å². The summed E-state index contributed by atoms with van der Waals surface area (Å²) in [5, 5.41) is 3.47. The van der Waals surface area contributed by atoms with Crippen LogP contribution in [0.4, 0.5) is 0 Å². The van der Waals surface area contributed by atoms with Crippen LogP contribution in [-0.4, -0.2) is 51.7 Å². The fourth-order valence-corrected chi connectivity index (χ4v) is 2.09. The first kappa shape index (κ1) is 14.9. The monoisotopic (exact) mass is 245 g/mol. The number of ether oxygens (including phenoxy) is 3. The molecule has 0 saturated heterocycles. The van der Waals surface area contributed by atoms with Gasteiger partial charge >= 0.3 is 0 Å². The molecule has 1 aliphatic rings. The highest BCUT2D eigenvalue weighted by atomic mass is 16.6. The van der Waals surface area contributed by atoms with Crippen molar-refractivity contribution in [2.45, 2.75) is 51.4 Å². The highest BCUT2D eigenvalue weighted by molar-refractivity contribution is 4.96. The van der Waals surface area contributed by atoms with Crippen LogP contribution < -0.4 is 5.32 Å². The van der Waals surface area contributed by atoms with Gasteiger partial charge in [-0.1, -0.05) is 13.8 Å². The maximum absolute atomic E-state index is 5.75. The molecule has 0 heterocycles.